The molecule has 1 fully saturated rings. The highest BCUT2D eigenvalue weighted by Gasteiger charge is 2.25. The summed E-state index contributed by atoms with van der Waals surface area (Å²) in [5, 5.41) is 7.07. The van der Waals surface area contributed by atoms with Crippen molar-refractivity contribution < 1.29 is 23.9 Å². The van der Waals surface area contributed by atoms with Crippen LogP contribution in [0.5, 0.6) is 11.5 Å². The molecule has 132 valence electrons. The van der Waals surface area contributed by atoms with Crippen LogP contribution in [0.2, 0.25) is 0 Å². The highest BCUT2D eigenvalue weighted by molar-refractivity contribution is 6.02. The predicted molar refractivity (Wildman–Crippen MR) is 90.0 cm³/mol. The Kier molecular flexibility index (Phi) is 4.88. The van der Waals surface area contributed by atoms with E-state index < -0.39 is 17.9 Å². The summed E-state index contributed by atoms with van der Waals surface area (Å²) in [4.78, 5) is 38.5. The summed E-state index contributed by atoms with van der Waals surface area (Å²) in [6, 6.07) is 7.40. The lowest BCUT2D eigenvalue weighted by Crippen LogP contribution is -2.24. The molecule has 3 amide bonds. The number of amides is 3. The van der Waals surface area contributed by atoms with Crippen LogP contribution in [0.1, 0.15) is 15.9 Å². The number of pyridine rings is 1. The van der Waals surface area contributed by atoms with E-state index >= 15 is 0 Å². The molecule has 2 aromatic rings. The van der Waals surface area contributed by atoms with Crippen molar-refractivity contribution in [2.75, 3.05) is 13.7 Å². The number of methoxy groups -OCH3 is 1. The average molecular weight is 354 g/mol. The van der Waals surface area contributed by atoms with Crippen LogP contribution in [0.15, 0.2) is 47.8 Å². The Labute approximate surface area is 148 Å². The van der Waals surface area contributed by atoms with Crippen molar-refractivity contribution in [1.29, 1.82) is 0 Å². The molecule has 0 unspecified atom stereocenters. The predicted octanol–water partition coefficient (Wildman–Crippen LogP) is 1.20. The highest BCUT2D eigenvalue weighted by atomic mass is 16.6. The Morgan fingerprint density at radius 2 is 2.15 bits per heavy atom. The first kappa shape index (κ1) is 17.1. The number of nitrogens with one attached hydrogen (secondary N) is 1. The third-order valence-electron chi connectivity index (χ3n) is 3.41. The van der Waals surface area contributed by atoms with E-state index in [2.05, 4.69) is 15.4 Å². The molecule has 1 aromatic carbocycles. The Balaban J connectivity index is 1.74. The number of hydrogen-bond acceptors (Lipinski definition) is 7. The van der Waals surface area contributed by atoms with Crippen LogP contribution in [0.3, 0.4) is 0 Å². The maximum atomic E-state index is 12.1. The quantitative estimate of drug-likeness (QED) is 0.374. The number of carbonyl (C=O) groups excluding carboxylic acids is 3. The van der Waals surface area contributed by atoms with Crippen molar-refractivity contribution in [3.63, 3.8) is 0 Å². The van der Waals surface area contributed by atoms with Crippen LogP contribution < -0.4 is 14.8 Å². The van der Waals surface area contributed by atoms with Crippen molar-refractivity contribution in [3.05, 3.63) is 53.9 Å². The van der Waals surface area contributed by atoms with E-state index in [0.717, 1.165) is 5.01 Å². The van der Waals surface area contributed by atoms with Gasteiger partial charge in [-0.1, -0.05) is 0 Å². The van der Waals surface area contributed by atoms with Gasteiger partial charge in [-0.3, -0.25) is 15.1 Å². The van der Waals surface area contributed by atoms with Crippen LogP contribution >= 0.6 is 0 Å². The zero-order chi connectivity index (χ0) is 18.5. The third kappa shape index (κ3) is 3.83. The maximum absolute atomic E-state index is 12.1. The second kappa shape index (κ2) is 7.43. The van der Waals surface area contributed by atoms with Gasteiger partial charge >= 0.3 is 12.0 Å². The van der Waals surface area contributed by atoms with Gasteiger partial charge in [0.15, 0.2) is 11.5 Å². The topological polar surface area (TPSA) is 110 Å². The lowest BCUT2D eigenvalue weighted by Gasteiger charge is -2.10. The molecule has 0 radical (unpaired) electrons. The van der Waals surface area contributed by atoms with Gasteiger partial charge in [-0.25, -0.2) is 14.6 Å². The van der Waals surface area contributed by atoms with Crippen LogP contribution in [0, 0.1) is 0 Å². The first-order chi connectivity index (χ1) is 12.6. The monoisotopic (exact) mass is 354 g/mol. The van der Waals surface area contributed by atoms with Gasteiger partial charge < -0.3 is 9.47 Å². The molecule has 0 atom stereocenters. The minimum absolute atomic E-state index is 0.132. The largest absolute Gasteiger partial charge is 0.493 e. The fourth-order valence-corrected chi connectivity index (χ4v) is 2.15. The summed E-state index contributed by atoms with van der Waals surface area (Å²) in [6.07, 6.45) is 4.35. The van der Waals surface area contributed by atoms with Gasteiger partial charge in [0.1, 0.15) is 6.54 Å². The smallest absolute Gasteiger partial charge is 0.345 e. The lowest BCUT2D eigenvalue weighted by atomic mass is 10.2. The number of benzene rings is 1. The highest BCUT2D eigenvalue weighted by Crippen LogP contribution is 2.28. The molecule has 1 aromatic heterocycles. The van der Waals surface area contributed by atoms with Crippen molar-refractivity contribution >= 4 is 24.1 Å². The molecular formula is C17H14N4O5. The SMILES string of the molecule is COc1cc(/C=N/N2CC(=O)NC2=O)ccc1OC(=O)c1cccnc1. The molecule has 1 saturated heterocycles. The summed E-state index contributed by atoms with van der Waals surface area (Å²) in [7, 11) is 1.43. The standard InChI is InChI=1S/C17H14N4O5/c1-25-14-7-11(8-19-21-10-15(22)20-17(21)24)4-5-13(14)26-16(23)12-3-2-6-18-9-12/h2-9H,10H2,1H3,(H,20,22,24)/b19-8+. The van der Waals surface area contributed by atoms with E-state index in [1.54, 1.807) is 36.5 Å². The minimum atomic E-state index is -0.583. The van der Waals surface area contributed by atoms with E-state index in [0.29, 0.717) is 16.9 Å². The van der Waals surface area contributed by atoms with E-state index in [4.69, 9.17) is 9.47 Å². The number of carbonyl (C=O) groups is 3. The maximum Gasteiger partial charge on any atom is 0.345 e. The van der Waals surface area contributed by atoms with E-state index in [-0.39, 0.29) is 12.3 Å². The molecule has 0 bridgehead atoms. The van der Waals surface area contributed by atoms with E-state index in [1.165, 1.54) is 19.5 Å². The molecule has 9 heteroatoms. The number of rotatable bonds is 5. The van der Waals surface area contributed by atoms with Gasteiger partial charge in [-0.15, -0.1) is 0 Å². The Morgan fingerprint density at radius 3 is 2.81 bits per heavy atom. The molecule has 0 aliphatic carbocycles. The van der Waals surface area contributed by atoms with Crippen LogP contribution in [0.25, 0.3) is 0 Å². The van der Waals surface area contributed by atoms with Crippen molar-refractivity contribution in [2.45, 2.75) is 0 Å². The number of aromatic nitrogens is 1. The molecule has 9 nitrogen and oxygen atoms in total. The van der Waals surface area contributed by atoms with Crippen LogP contribution in [-0.4, -0.2) is 47.8 Å². The number of ether oxygens (including phenoxy) is 2. The van der Waals surface area contributed by atoms with Gasteiger partial charge in [0.25, 0.3) is 0 Å². The van der Waals surface area contributed by atoms with Gasteiger partial charge in [0, 0.05) is 12.4 Å². The van der Waals surface area contributed by atoms with Gasteiger partial charge in [-0.05, 0) is 35.9 Å². The number of hydrogen-bond donors (Lipinski definition) is 1. The fraction of sp³-hybridized carbons (Fsp3) is 0.118. The van der Waals surface area contributed by atoms with Crippen LogP contribution in [0.4, 0.5) is 4.79 Å². The molecule has 1 aliphatic heterocycles. The zero-order valence-electron chi connectivity index (χ0n) is 13.7. The second-order valence-corrected chi connectivity index (χ2v) is 5.20. The summed E-state index contributed by atoms with van der Waals surface area (Å²) in [5.41, 5.74) is 0.903. The van der Waals surface area contributed by atoms with E-state index in [9.17, 15) is 14.4 Å². The summed E-state index contributed by atoms with van der Waals surface area (Å²) >= 11 is 0. The fourth-order valence-electron chi connectivity index (χ4n) is 2.15. The minimum Gasteiger partial charge on any atom is -0.493 e. The Bertz CT molecular complexity index is 882. The first-order valence-corrected chi connectivity index (χ1v) is 7.52. The van der Waals surface area contributed by atoms with E-state index in [1.807, 2.05) is 0 Å². The van der Waals surface area contributed by atoms with Crippen LogP contribution in [-0.2, 0) is 4.79 Å². The Hall–Kier alpha value is -3.75. The number of nitrogens with zero attached hydrogens (tertiary/aromatic N) is 3. The third-order valence-corrected chi connectivity index (χ3v) is 3.41. The molecule has 0 saturated carbocycles. The number of urea groups is 1. The molecular weight excluding hydrogens is 340 g/mol. The molecule has 1 aliphatic rings. The number of hydrazone groups is 1. The normalized spacial score (nSPS) is 13.8. The zero-order valence-corrected chi connectivity index (χ0v) is 13.7. The number of imide groups is 1. The second-order valence-electron chi connectivity index (χ2n) is 5.20. The van der Waals surface area contributed by atoms with Gasteiger partial charge in [-0.2, -0.15) is 5.10 Å². The summed E-state index contributed by atoms with van der Waals surface area (Å²) in [5.74, 6) is -0.437. The molecule has 2 heterocycles. The molecule has 26 heavy (non-hydrogen) atoms. The lowest BCUT2D eigenvalue weighted by molar-refractivity contribution is -0.118. The Morgan fingerprint density at radius 1 is 1.31 bits per heavy atom. The van der Waals surface area contributed by atoms with Gasteiger partial charge in [0.05, 0.1) is 18.9 Å². The summed E-state index contributed by atoms with van der Waals surface area (Å²) in [6.45, 7) is -0.132. The molecule has 3 rings (SSSR count). The van der Waals surface area contributed by atoms with Crippen molar-refractivity contribution in [3.8, 4) is 11.5 Å². The average Bonchev–Trinajstić information content (AvgIpc) is 2.98. The molecule has 0 spiro atoms. The summed E-state index contributed by atoms with van der Waals surface area (Å²) < 4.78 is 10.6. The number of esters is 1. The first-order valence-electron chi connectivity index (χ1n) is 7.52. The van der Waals surface area contributed by atoms with Crippen molar-refractivity contribution in [1.82, 2.24) is 15.3 Å². The van der Waals surface area contributed by atoms with Crippen molar-refractivity contribution in [2.24, 2.45) is 5.10 Å². The van der Waals surface area contributed by atoms with Gasteiger partial charge in [0.2, 0.25) is 5.91 Å². The molecule has 1 N–H and O–H groups in total.